The van der Waals surface area contributed by atoms with Gasteiger partial charge in [-0.3, -0.25) is 0 Å². The van der Waals surface area contributed by atoms with Gasteiger partial charge in [-0.2, -0.15) is 0 Å². The second-order valence-electron chi connectivity index (χ2n) is 3.00. The highest BCUT2D eigenvalue weighted by Gasteiger charge is 2.09. The van der Waals surface area contributed by atoms with Gasteiger partial charge in [0.1, 0.15) is 0 Å². The number of methoxy groups -OCH3 is 1. The van der Waals surface area contributed by atoms with Gasteiger partial charge in [0.2, 0.25) is 0 Å². The third-order valence-corrected chi connectivity index (χ3v) is 2.09. The van der Waals surface area contributed by atoms with E-state index in [1.165, 1.54) is 12.8 Å². The summed E-state index contributed by atoms with van der Waals surface area (Å²) in [5.74, 6) is 0. The zero-order valence-electron chi connectivity index (χ0n) is 7.23. The van der Waals surface area contributed by atoms with E-state index in [4.69, 9.17) is 4.74 Å². The second-order valence-corrected chi connectivity index (χ2v) is 3.00. The van der Waals surface area contributed by atoms with Crippen molar-refractivity contribution in [3.8, 4) is 0 Å². The average Bonchev–Trinajstić information content (AvgIpc) is 2.28. The zero-order chi connectivity index (χ0) is 7.94. The van der Waals surface area contributed by atoms with Gasteiger partial charge in [-0.1, -0.05) is 0 Å². The molecule has 0 radical (unpaired) electrons. The number of hydrogen-bond donors (Lipinski definition) is 2. The zero-order valence-corrected chi connectivity index (χ0v) is 7.23. The summed E-state index contributed by atoms with van der Waals surface area (Å²) in [5.41, 5.74) is 0. The normalized spacial score (nSPS) is 26.5. The minimum absolute atomic E-state index is 0.657. The van der Waals surface area contributed by atoms with Crippen LogP contribution in [0, 0.1) is 0 Å². The fourth-order valence-corrected chi connectivity index (χ4v) is 1.39. The van der Waals surface area contributed by atoms with Crippen molar-refractivity contribution in [3.63, 3.8) is 0 Å². The van der Waals surface area contributed by atoms with E-state index in [-0.39, 0.29) is 0 Å². The summed E-state index contributed by atoms with van der Waals surface area (Å²) in [6.07, 6.45) is 3.69. The van der Waals surface area contributed by atoms with Gasteiger partial charge in [0.05, 0.1) is 0 Å². The van der Waals surface area contributed by atoms with Crippen LogP contribution in [0.25, 0.3) is 0 Å². The van der Waals surface area contributed by atoms with Crippen LogP contribution in [0.3, 0.4) is 0 Å². The van der Waals surface area contributed by atoms with Crippen LogP contribution in [-0.2, 0) is 4.74 Å². The Labute approximate surface area is 68.5 Å². The molecular weight excluding hydrogens is 140 g/mol. The fourth-order valence-electron chi connectivity index (χ4n) is 1.39. The number of hydrogen-bond acceptors (Lipinski definition) is 3. The molecule has 1 unspecified atom stereocenters. The molecule has 0 spiro atoms. The Kier molecular flexibility index (Phi) is 4.50. The third kappa shape index (κ3) is 3.70. The summed E-state index contributed by atoms with van der Waals surface area (Å²) in [4.78, 5) is 0. The van der Waals surface area contributed by atoms with Gasteiger partial charge in [0, 0.05) is 26.4 Å². The molecule has 2 N–H and O–H groups in total. The maximum absolute atomic E-state index is 5.02. The molecule has 1 saturated heterocycles. The lowest BCUT2D eigenvalue weighted by Crippen LogP contribution is -2.34. The van der Waals surface area contributed by atoms with Crippen LogP contribution < -0.4 is 10.6 Å². The Balaban J connectivity index is 2.09. The van der Waals surface area contributed by atoms with E-state index >= 15 is 0 Å². The van der Waals surface area contributed by atoms with Gasteiger partial charge >= 0.3 is 0 Å². The van der Waals surface area contributed by atoms with Gasteiger partial charge in [-0.25, -0.2) is 0 Å². The van der Waals surface area contributed by atoms with E-state index in [9.17, 15) is 0 Å². The summed E-state index contributed by atoms with van der Waals surface area (Å²) in [6.45, 7) is 2.97. The molecule has 1 aliphatic rings. The largest absolute Gasteiger partial charge is 0.385 e. The molecule has 11 heavy (non-hydrogen) atoms. The Morgan fingerprint density at radius 1 is 1.55 bits per heavy atom. The lowest BCUT2D eigenvalue weighted by molar-refractivity contribution is 0.182. The summed E-state index contributed by atoms with van der Waals surface area (Å²) in [6, 6.07) is 0.657. The van der Waals surface area contributed by atoms with Crippen molar-refractivity contribution in [2.45, 2.75) is 25.3 Å². The maximum Gasteiger partial charge on any atom is 0.0477 e. The first-order valence-electron chi connectivity index (χ1n) is 4.36. The van der Waals surface area contributed by atoms with Gasteiger partial charge in [0.25, 0.3) is 0 Å². The number of ether oxygens (including phenoxy) is 1. The van der Waals surface area contributed by atoms with Crippen LogP contribution in [0.4, 0.5) is 0 Å². The van der Waals surface area contributed by atoms with Crippen molar-refractivity contribution >= 4 is 0 Å². The Hall–Kier alpha value is -0.120. The van der Waals surface area contributed by atoms with Crippen molar-refractivity contribution in [3.05, 3.63) is 0 Å². The SMILES string of the molecule is COCCC1CCCNCN1. The van der Waals surface area contributed by atoms with Crippen LogP contribution in [0.15, 0.2) is 0 Å². The molecular formula is C8H18N2O. The molecule has 0 aromatic carbocycles. The Morgan fingerprint density at radius 2 is 2.45 bits per heavy atom. The summed E-state index contributed by atoms with van der Waals surface area (Å²) in [7, 11) is 1.76. The van der Waals surface area contributed by atoms with E-state index < -0.39 is 0 Å². The Bertz CT molecular complexity index is 90.1. The van der Waals surface area contributed by atoms with E-state index in [1.54, 1.807) is 7.11 Å². The first-order chi connectivity index (χ1) is 5.43. The molecule has 3 heteroatoms. The molecule has 1 fully saturated rings. The van der Waals surface area contributed by atoms with Crippen molar-refractivity contribution in [2.24, 2.45) is 0 Å². The Morgan fingerprint density at radius 3 is 3.27 bits per heavy atom. The van der Waals surface area contributed by atoms with Crippen molar-refractivity contribution in [2.75, 3.05) is 26.9 Å². The minimum Gasteiger partial charge on any atom is -0.385 e. The summed E-state index contributed by atoms with van der Waals surface area (Å²) >= 11 is 0. The monoisotopic (exact) mass is 158 g/mol. The molecule has 0 aromatic rings. The summed E-state index contributed by atoms with van der Waals surface area (Å²) in [5, 5.41) is 6.73. The van der Waals surface area contributed by atoms with Gasteiger partial charge < -0.3 is 15.4 Å². The predicted octanol–water partition coefficient (Wildman–Crippen LogP) is 0.322. The van der Waals surface area contributed by atoms with Crippen LogP contribution in [0.2, 0.25) is 0 Å². The molecule has 1 rings (SSSR count). The van der Waals surface area contributed by atoms with Gasteiger partial charge in [-0.15, -0.1) is 0 Å². The smallest absolute Gasteiger partial charge is 0.0477 e. The molecule has 1 aliphatic heterocycles. The standard InChI is InChI=1S/C8H18N2O/c1-11-6-4-8-3-2-5-9-7-10-8/h8-10H,2-7H2,1H3. The first kappa shape index (κ1) is 8.97. The van der Waals surface area contributed by atoms with E-state index in [0.29, 0.717) is 6.04 Å². The fraction of sp³-hybridized carbons (Fsp3) is 1.00. The van der Waals surface area contributed by atoms with E-state index in [0.717, 1.165) is 26.2 Å². The molecule has 0 aliphatic carbocycles. The quantitative estimate of drug-likeness (QED) is 0.620. The number of rotatable bonds is 3. The molecule has 66 valence electrons. The van der Waals surface area contributed by atoms with Crippen LogP contribution in [0.1, 0.15) is 19.3 Å². The third-order valence-electron chi connectivity index (χ3n) is 2.09. The average molecular weight is 158 g/mol. The molecule has 0 amide bonds. The molecule has 1 heterocycles. The minimum atomic E-state index is 0.657. The predicted molar refractivity (Wildman–Crippen MR) is 45.5 cm³/mol. The van der Waals surface area contributed by atoms with Crippen molar-refractivity contribution in [1.82, 2.24) is 10.6 Å². The molecule has 1 atom stereocenters. The van der Waals surface area contributed by atoms with E-state index in [2.05, 4.69) is 10.6 Å². The van der Waals surface area contributed by atoms with Gasteiger partial charge in [0.15, 0.2) is 0 Å². The maximum atomic E-state index is 5.02. The second kappa shape index (κ2) is 5.52. The summed E-state index contributed by atoms with van der Waals surface area (Å²) < 4.78 is 5.02. The van der Waals surface area contributed by atoms with E-state index in [1.807, 2.05) is 0 Å². The highest BCUT2D eigenvalue weighted by molar-refractivity contribution is 4.69. The topological polar surface area (TPSA) is 33.3 Å². The number of nitrogens with one attached hydrogen (secondary N) is 2. The highest BCUT2D eigenvalue weighted by Crippen LogP contribution is 2.03. The van der Waals surface area contributed by atoms with Crippen LogP contribution >= 0.6 is 0 Å². The van der Waals surface area contributed by atoms with Crippen molar-refractivity contribution in [1.29, 1.82) is 0 Å². The van der Waals surface area contributed by atoms with Crippen LogP contribution in [-0.4, -0.2) is 33.0 Å². The molecule has 3 nitrogen and oxygen atoms in total. The van der Waals surface area contributed by atoms with Gasteiger partial charge in [-0.05, 0) is 25.8 Å². The lowest BCUT2D eigenvalue weighted by Gasteiger charge is -2.13. The first-order valence-corrected chi connectivity index (χ1v) is 4.36. The molecule has 0 saturated carbocycles. The highest BCUT2D eigenvalue weighted by atomic mass is 16.5. The lowest BCUT2D eigenvalue weighted by atomic mass is 10.1. The van der Waals surface area contributed by atoms with Crippen LogP contribution in [0.5, 0.6) is 0 Å². The molecule has 0 bridgehead atoms. The molecule has 0 aromatic heterocycles. The van der Waals surface area contributed by atoms with Crippen molar-refractivity contribution < 1.29 is 4.74 Å².